The summed E-state index contributed by atoms with van der Waals surface area (Å²) in [6.07, 6.45) is 0. The lowest BCUT2D eigenvalue weighted by Gasteiger charge is -2.07. The van der Waals surface area contributed by atoms with Gasteiger partial charge in [-0.25, -0.2) is 14.6 Å². The summed E-state index contributed by atoms with van der Waals surface area (Å²) in [5.41, 5.74) is 1.82. The van der Waals surface area contributed by atoms with E-state index in [0.29, 0.717) is 16.1 Å². The maximum Gasteiger partial charge on any atom is 0.357 e. The Labute approximate surface area is 165 Å². The van der Waals surface area contributed by atoms with Crippen molar-refractivity contribution >= 4 is 45.1 Å². The molecule has 8 heteroatoms. The Hall–Kier alpha value is -3.26. The van der Waals surface area contributed by atoms with Crippen molar-refractivity contribution < 1.29 is 23.9 Å². The second kappa shape index (κ2) is 8.18. The molecule has 0 atom stereocenters. The van der Waals surface area contributed by atoms with Gasteiger partial charge in [-0.05, 0) is 31.5 Å². The fourth-order valence-electron chi connectivity index (χ4n) is 2.61. The lowest BCUT2D eigenvalue weighted by atomic mass is 10.1. The van der Waals surface area contributed by atoms with Gasteiger partial charge in [-0.15, -0.1) is 11.3 Å². The molecule has 2 aromatic heterocycles. The number of nitrogens with zero attached hydrogens (tertiary/aromatic N) is 1. The van der Waals surface area contributed by atoms with Gasteiger partial charge < -0.3 is 14.8 Å². The van der Waals surface area contributed by atoms with Crippen LogP contribution in [0, 0.1) is 13.8 Å². The van der Waals surface area contributed by atoms with Crippen molar-refractivity contribution in [2.24, 2.45) is 0 Å². The van der Waals surface area contributed by atoms with E-state index in [4.69, 9.17) is 9.47 Å². The summed E-state index contributed by atoms with van der Waals surface area (Å²) in [5, 5.41) is 3.87. The van der Waals surface area contributed by atoms with E-state index in [2.05, 4.69) is 10.3 Å². The van der Waals surface area contributed by atoms with Gasteiger partial charge in [0.25, 0.3) is 5.91 Å². The minimum absolute atomic E-state index is 0.115. The number of hydrogen-bond donors (Lipinski definition) is 1. The zero-order valence-electron chi connectivity index (χ0n) is 15.6. The summed E-state index contributed by atoms with van der Waals surface area (Å²) in [4.78, 5) is 41.4. The van der Waals surface area contributed by atoms with E-state index in [-0.39, 0.29) is 5.69 Å². The van der Waals surface area contributed by atoms with Crippen LogP contribution in [0.25, 0.3) is 10.9 Å². The number of thiophene rings is 1. The van der Waals surface area contributed by atoms with Crippen molar-refractivity contribution in [3.63, 3.8) is 0 Å². The Morgan fingerprint density at radius 3 is 2.57 bits per heavy atom. The molecular weight excluding hydrogens is 380 g/mol. The summed E-state index contributed by atoms with van der Waals surface area (Å²) in [7, 11) is 1.28. The average molecular weight is 398 g/mol. The molecule has 0 saturated heterocycles. The SMILES string of the molecule is COC(=O)c1c(NC(=O)COC(=O)c2ccc3ccccc3n2)sc(C)c1C. The molecule has 0 saturated carbocycles. The Kier molecular flexibility index (Phi) is 5.70. The summed E-state index contributed by atoms with van der Waals surface area (Å²) in [5.74, 6) is -1.79. The predicted octanol–water partition coefficient (Wildman–Crippen LogP) is 3.50. The number of carbonyl (C=O) groups is 3. The van der Waals surface area contributed by atoms with E-state index in [0.717, 1.165) is 15.8 Å². The van der Waals surface area contributed by atoms with Crippen LogP contribution in [0.1, 0.15) is 31.3 Å². The van der Waals surface area contributed by atoms with Gasteiger partial charge in [0.1, 0.15) is 10.7 Å². The third kappa shape index (κ3) is 4.01. The number of esters is 2. The number of anilines is 1. The number of para-hydroxylation sites is 1. The highest BCUT2D eigenvalue weighted by Gasteiger charge is 2.22. The summed E-state index contributed by atoms with van der Waals surface area (Å²) in [6.45, 7) is 3.12. The van der Waals surface area contributed by atoms with Crippen molar-refractivity contribution in [1.82, 2.24) is 4.98 Å². The maximum atomic E-state index is 12.2. The number of carbonyl (C=O) groups excluding carboxylic acids is 3. The van der Waals surface area contributed by atoms with Crippen molar-refractivity contribution in [2.45, 2.75) is 13.8 Å². The summed E-state index contributed by atoms with van der Waals surface area (Å²) in [6, 6.07) is 10.7. The van der Waals surface area contributed by atoms with Crippen LogP contribution in [0.3, 0.4) is 0 Å². The van der Waals surface area contributed by atoms with Gasteiger partial charge >= 0.3 is 11.9 Å². The minimum atomic E-state index is -0.701. The Bertz CT molecular complexity index is 1070. The van der Waals surface area contributed by atoms with Gasteiger partial charge in [0.05, 0.1) is 18.2 Å². The lowest BCUT2D eigenvalue weighted by Crippen LogP contribution is -2.22. The minimum Gasteiger partial charge on any atom is -0.465 e. The van der Waals surface area contributed by atoms with Gasteiger partial charge in [-0.1, -0.05) is 24.3 Å². The van der Waals surface area contributed by atoms with E-state index in [1.165, 1.54) is 18.4 Å². The van der Waals surface area contributed by atoms with Gasteiger partial charge in [0, 0.05) is 10.3 Å². The first-order valence-electron chi connectivity index (χ1n) is 8.41. The molecule has 3 rings (SSSR count). The first-order chi connectivity index (χ1) is 13.4. The number of fused-ring (bicyclic) bond motifs is 1. The number of aryl methyl sites for hydroxylation is 1. The third-order valence-electron chi connectivity index (χ3n) is 4.17. The molecular formula is C20H18N2O5S. The van der Waals surface area contributed by atoms with Gasteiger partial charge in [0.15, 0.2) is 6.61 Å². The molecule has 0 spiro atoms. The molecule has 1 amide bonds. The number of nitrogens with one attached hydrogen (secondary N) is 1. The van der Waals surface area contributed by atoms with Crippen molar-refractivity contribution in [1.29, 1.82) is 0 Å². The Morgan fingerprint density at radius 2 is 1.82 bits per heavy atom. The zero-order valence-corrected chi connectivity index (χ0v) is 16.4. The maximum absolute atomic E-state index is 12.2. The molecule has 28 heavy (non-hydrogen) atoms. The Balaban J connectivity index is 1.66. The predicted molar refractivity (Wildman–Crippen MR) is 106 cm³/mol. The van der Waals surface area contributed by atoms with Crippen molar-refractivity contribution in [3.05, 3.63) is 58.1 Å². The van der Waals surface area contributed by atoms with E-state index in [9.17, 15) is 14.4 Å². The molecule has 144 valence electrons. The molecule has 3 aromatic rings. The fraction of sp³-hybridized carbons (Fsp3) is 0.200. The van der Waals surface area contributed by atoms with Crippen molar-refractivity contribution in [2.75, 3.05) is 19.0 Å². The van der Waals surface area contributed by atoms with Crippen LogP contribution in [0.2, 0.25) is 0 Å². The standard InChI is InChI=1S/C20H18N2O5S/c1-11-12(2)28-18(17(11)20(25)26-3)22-16(23)10-27-19(24)15-9-8-13-6-4-5-7-14(13)21-15/h4-9H,10H2,1-3H3,(H,22,23). The topological polar surface area (TPSA) is 94.6 Å². The molecule has 0 aliphatic heterocycles. The van der Waals surface area contributed by atoms with Gasteiger partial charge in [0.2, 0.25) is 0 Å². The Morgan fingerprint density at radius 1 is 1.07 bits per heavy atom. The van der Waals surface area contributed by atoms with Crippen LogP contribution in [0.5, 0.6) is 0 Å². The molecule has 0 aliphatic carbocycles. The number of methoxy groups -OCH3 is 1. The first-order valence-corrected chi connectivity index (χ1v) is 9.23. The monoisotopic (exact) mass is 398 g/mol. The first kappa shape index (κ1) is 19.5. The highest BCUT2D eigenvalue weighted by Crippen LogP contribution is 2.32. The van der Waals surface area contributed by atoms with Gasteiger partial charge in [-0.2, -0.15) is 0 Å². The van der Waals surface area contributed by atoms with Crippen molar-refractivity contribution in [3.8, 4) is 0 Å². The molecule has 0 radical (unpaired) electrons. The van der Waals surface area contributed by atoms with Crippen LogP contribution in [-0.2, 0) is 14.3 Å². The fourth-order valence-corrected chi connectivity index (χ4v) is 3.68. The molecule has 1 aromatic carbocycles. The summed E-state index contributed by atoms with van der Waals surface area (Å²) < 4.78 is 9.82. The highest BCUT2D eigenvalue weighted by atomic mass is 32.1. The molecule has 0 unspecified atom stereocenters. The van der Waals surface area contributed by atoms with Crippen LogP contribution < -0.4 is 5.32 Å². The van der Waals surface area contributed by atoms with E-state index < -0.39 is 24.5 Å². The quantitative estimate of drug-likeness (QED) is 0.661. The highest BCUT2D eigenvalue weighted by molar-refractivity contribution is 7.16. The molecule has 0 bridgehead atoms. The molecule has 1 N–H and O–H groups in total. The lowest BCUT2D eigenvalue weighted by molar-refractivity contribution is -0.119. The number of aromatic nitrogens is 1. The summed E-state index contributed by atoms with van der Waals surface area (Å²) >= 11 is 1.26. The van der Waals surface area contributed by atoms with Crippen LogP contribution >= 0.6 is 11.3 Å². The van der Waals surface area contributed by atoms with E-state index >= 15 is 0 Å². The number of benzene rings is 1. The number of pyridine rings is 1. The smallest absolute Gasteiger partial charge is 0.357 e. The van der Waals surface area contributed by atoms with Gasteiger partial charge in [-0.3, -0.25) is 4.79 Å². The normalized spacial score (nSPS) is 10.5. The second-order valence-electron chi connectivity index (χ2n) is 5.99. The second-order valence-corrected chi connectivity index (χ2v) is 7.22. The van der Waals surface area contributed by atoms with Crippen LogP contribution in [0.4, 0.5) is 5.00 Å². The van der Waals surface area contributed by atoms with E-state index in [1.54, 1.807) is 25.1 Å². The van der Waals surface area contributed by atoms with Crippen LogP contribution in [-0.4, -0.2) is 36.5 Å². The number of hydrogen-bond acceptors (Lipinski definition) is 7. The number of ether oxygens (including phenoxy) is 2. The van der Waals surface area contributed by atoms with Crippen LogP contribution in [0.15, 0.2) is 36.4 Å². The zero-order chi connectivity index (χ0) is 20.3. The largest absolute Gasteiger partial charge is 0.465 e. The molecule has 0 aliphatic rings. The molecule has 0 fully saturated rings. The molecule has 2 heterocycles. The molecule has 7 nitrogen and oxygen atoms in total. The third-order valence-corrected chi connectivity index (χ3v) is 5.29. The van der Waals surface area contributed by atoms with E-state index in [1.807, 2.05) is 25.1 Å². The number of rotatable bonds is 5. The number of amides is 1. The average Bonchev–Trinajstić information content (AvgIpc) is 2.98.